The monoisotopic (exact) mass is 288 g/mol. The summed E-state index contributed by atoms with van der Waals surface area (Å²) >= 11 is 0. The molecule has 0 unspecified atom stereocenters. The van der Waals surface area contributed by atoms with Crippen molar-refractivity contribution in [1.29, 1.82) is 0 Å². The summed E-state index contributed by atoms with van der Waals surface area (Å²) in [4.78, 5) is 8.52. The number of rotatable bonds is 2. The molecule has 0 N–H and O–H groups in total. The molecule has 4 rings (SSSR count). The fourth-order valence-corrected chi connectivity index (χ4v) is 2.43. The average Bonchev–Trinajstić information content (AvgIpc) is 3.05. The lowest BCUT2D eigenvalue weighted by molar-refractivity contribution is 0.585. The van der Waals surface area contributed by atoms with E-state index in [1.165, 1.54) is 0 Å². The van der Waals surface area contributed by atoms with Crippen LogP contribution in [0.4, 0.5) is 0 Å². The Hall–Kier alpha value is -3.08. The molecule has 0 aliphatic heterocycles. The zero-order valence-electron chi connectivity index (χ0n) is 11.9. The Kier molecular flexibility index (Phi) is 2.89. The van der Waals surface area contributed by atoms with Gasteiger partial charge in [0, 0.05) is 29.0 Å². The molecule has 0 amide bonds. The highest BCUT2D eigenvalue weighted by atomic mass is 16.4. The third-order valence-corrected chi connectivity index (χ3v) is 3.43. The minimum atomic E-state index is 0.482. The highest BCUT2D eigenvalue weighted by Crippen LogP contribution is 2.29. The first-order valence-electron chi connectivity index (χ1n) is 6.92. The number of hydrogen-bond donors (Lipinski definition) is 0. The van der Waals surface area contributed by atoms with E-state index in [0.29, 0.717) is 11.8 Å². The van der Waals surface area contributed by atoms with Gasteiger partial charge in [-0.1, -0.05) is 18.2 Å². The van der Waals surface area contributed by atoms with Crippen molar-refractivity contribution in [2.24, 2.45) is 0 Å². The Balaban J connectivity index is 1.88. The maximum absolute atomic E-state index is 5.84. The molecule has 0 saturated heterocycles. The number of hydrogen-bond acceptors (Lipinski definition) is 5. The van der Waals surface area contributed by atoms with E-state index in [4.69, 9.17) is 4.42 Å². The molecule has 0 saturated carbocycles. The highest BCUT2D eigenvalue weighted by Gasteiger charge is 2.14. The lowest BCUT2D eigenvalue weighted by Crippen LogP contribution is -1.88. The number of para-hydroxylation sites is 1. The Bertz CT molecular complexity index is 947. The third kappa shape index (κ3) is 2.13. The van der Waals surface area contributed by atoms with Gasteiger partial charge in [-0.25, -0.2) is 0 Å². The zero-order chi connectivity index (χ0) is 14.9. The maximum atomic E-state index is 5.84. The molecule has 3 heterocycles. The van der Waals surface area contributed by atoms with E-state index in [0.717, 1.165) is 27.7 Å². The first-order chi connectivity index (χ1) is 10.8. The van der Waals surface area contributed by atoms with Crippen LogP contribution in [0.3, 0.4) is 0 Å². The molecule has 0 bridgehead atoms. The van der Waals surface area contributed by atoms with Gasteiger partial charge < -0.3 is 4.42 Å². The van der Waals surface area contributed by atoms with E-state index in [2.05, 4.69) is 20.2 Å². The van der Waals surface area contributed by atoms with Gasteiger partial charge in [0.25, 0.3) is 0 Å². The number of pyridine rings is 2. The van der Waals surface area contributed by atoms with Crippen molar-refractivity contribution in [3.63, 3.8) is 0 Å². The SMILES string of the molecule is Cc1cc(-c2nnc(-c3ccncc3)o2)c2ccccc2n1. The Labute approximate surface area is 126 Å². The molecule has 0 radical (unpaired) electrons. The molecular weight excluding hydrogens is 276 g/mol. The second-order valence-electron chi connectivity index (χ2n) is 4.98. The van der Waals surface area contributed by atoms with E-state index >= 15 is 0 Å². The lowest BCUT2D eigenvalue weighted by Gasteiger charge is -2.03. The first-order valence-corrected chi connectivity index (χ1v) is 6.92. The van der Waals surface area contributed by atoms with Crippen LogP contribution in [0.1, 0.15) is 5.69 Å². The molecule has 1 aromatic carbocycles. The second-order valence-corrected chi connectivity index (χ2v) is 4.98. The van der Waals surface area contributed by atoms with Crippen LogP contribution in [0.25, 0.3) is 33.8 Å². The van der Waals surface area contributed by atoms with Gasteiger partial charge in [0.1, 0.15) is 0 Å². The predicted octanol–water partition coefficient (Wildman–Crippen LogP) is 3.66. The molecule has 0 aliphatic carbocycles. The summed E-state index contributed by atoms with van der Waals surface area (Å²) in [5.41, 5.74) is 3.58. The molecule has 0 aliphatic rings. The number of aryl methyl sites for hydroxylation is 1. The van der Waals surface area contributed by atoms with Crippen LogP contribution in [0, 0.1) is 6.92 Å². The first kappa shape index (κ1) is 12.6. The summed E-state index contributed by atoms with van der Waals surface area (Å²) < 4.78 is 5.84. The van der Waals surface area contributed by atoms with E-state index in [-0.39, 0.29) is 0 Å². The Morgan fingerprint density at radius 3 is 2.55 bits per heavy atom. The lowest BCUT2D eigenvalue weighted by atomic mass is 10.1. The van der Waals surface area contributed by atoms with Crippen LogP contribution in [0.2, 0.25) is 0 Å². The summed E-state index contributed by atoms with van der Waals surface area (Å²) in [5, 5.41) is 9.32. The van der Waals surface area contributed by atoms with E-state index in [1.807, 2.05) is 49.4 Å². The summed E-state index contributed by atoms with van der Waals surface area (Å²) in [7, 11) is 0. The molecule has 0 fully saturated rings. The third-order valence-electron chi connectivity index (χ3n) is 3.43. The summed E-state index contributed by atoms with van der Waals surface area (Å²) in [5.74, 6) is 0.976. The molecule has 5 heteroatoms. The Morgan fingerprint density at radius 1 is 0.909 bits per heavy atom. The largest absolute Gasteiger partial charge is 0.416 e. The van der Waals surface area contributed by atoms with Gasteiger partial charge in [0.2, 0.25) is 11.8 Å². The van der Waals surface area contributed by atoms with Gasteiger partial charge in [0.15, 0.2) is 0 Å². The zero-order valence-corrected chi connectivity index (χ0v) is 11.9. The normalized spacial score (nSPS) is 11.0. The minimum Gasteiger partial charge on any atom is -0.416 e. The summed E-state index contributed by atoms with van der Waals surface area (Å²) in [6, 6.07) is 13.6. The van der Waals surface area contributed by atoms with Crippen LogP contribution in [0.5, 0.6) is 0 Å². The molecule has 3 aromatic heterocycles. The van der Waals surface area contributed by atoms with Crippen molar-refractivity contribution in [2.45, 2.75) is 6.92 Å². The van der Waals surface area contributed by atoms with Crippen molar-refractivity contribution >= 4 is 10.9 Å². The fourth-order valence-electron chi connectivity index (χ4n) is 2.43. The summed E-state index contributed by atoms with van der Waals surface area (Å²) in [6.45, 7) is 1.95. The van der Waals surface area contributed by atoms with Crippen LogP contribution >= 0.6 is 0 Å². The maximum Gasteiger partial charge on any atom is 0.248 e. The van der Waals surface area contributed by atoms with Crippen LogP contribution in [-0.2, 0) is 0 Å². The number of fused-ring (bicyclic) bond motifs is 1. The van der Waals surface area contributed by atoms with E-state index in [1.54, 1.807) is 12.4 Å². The Morgan fingerprint density at radius 2 is 1.68 bits per heavy atom. The highest BCUT2D eigenvalue weighted by molar-refractivity contribution is 5.92. The van der Waals surface area contributed by atoms with Gasteiger partial charge >= 0.3 is 0 Å². The van der Waals surface area contributed by atoms with Gasteiger partial charge in [0.05, 0.1) is 11.1 Å². The predicted molar refractivity (Wildman–Crippen MR) is 83.0 cm³/mol. The topological polar surface area (TPSA) is 64.7 Å². The number of benzene rings is 1. The number of nitrogens with zero attached hydrogens (tertiary/aromatic N) is 4. The molecule has 0 spiro atoms. The van der Waals surface area contributed by atoms with Crippen molar-refractivity contribution < 1.29 is 4.42 Å². The molecule has 5 nitrogen and oxygen atoms in total. The quantitative estimate of drug-likeness (QED) is 0.563. The van der Waals surface area contributed by atoms with Crippen LogP contribution in [0.15, 0.2) is 59.3 Å². The molecule has 0 atom stereocenters. The summed E-state index contributed by atoms with van der Waals surface area (Å²) in [6.07, 6.45) is 3.40. The van der Waals surface area contributed by atoms with Crippen molar-refractivity contribution in [3.8, 4) is 22.9 Å². The van der Waals surface area contributed by atoms with Gasteiger partial charge in [-0.05, 0) is 31.2 Å². The minimum absolute atomic E-state index is 0.482. The van der Waals surface area contributed by atoms with E-state index in [9.17, 15) is 0 Å². The smallest absolute Gasteiger partial charge is 0.248 e. The fraction of sp³-hybridized carbons (Fsp3) is 0.0588. The average molecular weight is 288 g/mol. The van der Waals surface area contributed by atoms with Gasteiger partial charge in [-0.15, -0.1) is 10.2 Å². The standard InChI is InChI=1S/C17H12N4O/c1-11-10-14(13-4-2-3-5-15(13)19-11)17-21-20-16(22-17)12-6-8-18-9-7-12/h2-10H,1H3. The van der Waals surface area contributed by atoms with Crippen molar-refractivity contribution in [1.82, 2.24) is 20.2 Å². The molecule has 22 heavy (non-hydrogen) atoms. The van der Waals surface area contributed by atoms with Crippen molar-refractivity contribution in [2.75, 3.05) is 0 Å². The molecule has 4 aromatic rings. The van der Waals surface area contributed by atoms with Crippen LogP contribution in [-0.4, -0.2) is 20.2 Å². The van der Waals surface area contributed by atoms with Gasteiger partial charge in [-0.2, -0.15) is 0 Å². The van der Waals surface area contributed by atoms with Gasteiger partial charge in [-0.3, -0.25) is 9.97 Å². The number of aromatic nitrogens is 4. The van der Waals surface area contributed by atoms with Crippen LogP contribution < -0.4 is 0 Å². The molecule has 106 valence electrons. The second kappa shape index (κ2) is 5.04. The molecular formula is C17H12N4O. The van der Waals surface area contributed by atoms with E-state index < -0.39 is 0 Å². The van der Waals surface area contributed by atoms with Crippen molar-refractivity contribution in [3.05, 3.63) is 60.6 Å².